The van der Waals surface area contributed by atoms with Crippen LogP contribution in [-0.2, 0) is 4.79 Å². The number of rotatable bonds is 6. The van der Waals surface area contributed by atoms with Crippen LogP contribution < -0.4 is 4.74 Å². The minimum absolute atomic E-state index is 0.341. The van der Waals surface area contributed by atoms with Crippen LogP contribution in [-0.4, -0.2) is 27.9 Å². The molecule has 5 heteroatoms. The topological polar surface area (TPSA) is 75.2 Å². The molecule has 0 aliphatic heterocycles. The molecule has 0 spiro atoms. The van der Waals surface area contributed by atoms with Crippen molar-refractivity contribution in [2.45, 2.75) is 13.3 Å². The molecule has 1 aromatic heterocycles. The zero-order valence-electron chi connectivity index (χ0n) is 13.3. The van der Waals surface area contributed by atoms with Gasteiger partial charge in [0.15, 0.2) is 6.61 Å². The third-order valence-electron chi connectivity index (χ3n) is 3.75. The predicted molar refractivity (Wildman–Crippen MR) is 93.8 cm³/mol. The summed E-state index contributed by atoms with van der Waals surface area (Å²) in [5, 5.41) is 16.8. The average molecular weight is 322 g/mol. The Morgan fingerprint density at radius 1 is 1.29 bits per heavy atom. The number of H-pyrrole nitrogens is 1. The molecule has 2 N–H and O–H groups in total. The van der Waals surface area contributed by atoms with Crippen LogP contribution in [0.15, 0.2) is 48.7 Å². The van der Waals surface area contributed by atoms with E-state index in [1.807, 2.05) is 30.3 Å². The molecule has 0 radical (unpaired) electrons. The van der Waals surface area contributed by atoms with Crippen LogP contribution in [0.3, 0.4) is 0 Å². The third-order valence-corrected chi connectivity index (χ3v) is 3.75. The molecule has 0 saturated carbocycles. The van der Waals surface area contributed by atoms with E-state index in [1.165, 1.54) is 0 Å². The van der Waals surface area contributed by atoms with Crippen molar-refractivity contribution < 1.29 is 14.6 Å². The molecule has 0 amide bonds. The Labute approximate surface area is 139 Å². The van der Waals surface area contributed by atoms with E-state index in [0.29, 0.717) is 5.75 Å². The standard InChI is InChI=1S/C19H18N2O3/c1-2-14(8-13-6-7-18-16(9-13)11-20-21-18)15-4-3-5-17(10-15)24-12-19(22)23/h3-11H,2,12H2,1H3,(H,20,21)(H,22,23)/b14-8+. The average Bonchev–Trinajstić information content (AvgIpc) is 3.06. The van der Waals surface area contributed by atoms with Crippen LogP contribution in [0.2, 0.25) is 0 Å². The molecule has 0 bridgehead atoms. The van der Waals surface area contributed by atoms with Gasteiger partial charge in [0.25, 0.3) is 0 Å². The number of allylic oxidation sites excluding steroid dienone is 1. The fourth-order valence-corrected chi connectivity index (χ4v) is 2.57. The highest BCUT2D eigenvalue weighted by atomic mass is 16.5. The van der Waals surface area contributed by atoms with Crippen molar-refractivity contribution in [1.82, 2.24) is 10.2 Å². The van der Waals surface area contributed by atoms with Gasteiger partial charge in [0.2, 0.25) is 0 Å². The number of nitrogens with zero attached hydrogens (tertiary/aromatic N) is 1. The Balaban J connectivity index is 1.89. The number of nitrogens with one attached hydrogen (secondary N) is 1. The number of fused-ring (bicyclic) bond motifs is 1. The second kappa shape index (κ2) is 7.00. The first-order valence-electron chi connectivity index (χ1n) is 7.74. The van der Waals surface area contributed by atoms with Gasteiger partial charge in [0, 0.05) is 5.39 Å². The van der Waals surface area contributed by atoms with E-state index in [0.717, 1.165) is 34.0 Å². The number of carboxylic acid groups (broad SMARTS) is 1. The number of carbonyl (C=O) groups is 1. The predicted octanol–water partition coefficient (Wildman–Crippen LogP) is 3.98. The van der Waals surface area contributed by atoms with E-state index in [2.05, 4.69) is 29.3 Å². The Hall–Kier alpha value is -3.08. The number of aliphatic carboxylic acids is 1. The molecule has 3 aromatic rings. The van der Waals surface area contributed by atoms with Gasteiger partial charge in [0.05, 0.1) is 11.7 Å². The maximum Gasteiger partial charge on any atom is 0.341 e. The summed E-state index contributed by atoms with van der Waals surface area (Å²) in [6.07, 6.45) is 4.78. The van der Waals surface area contributed by atoms with E-state index in [9.17, 15) is 4.79 Å². The summed E-state index contributed by atoms with van der Waals surface area (Å²) < 4.78 is 5.26. The molecular weight excluding hydrogens is 304 g/mol. The summed E-state index contributed by atoms with van der Waals surface area (Å²) in [5.41, 5.74) is 4.28. The lowest BCUT2D eigenvalue weighted by Crippen LogP contribution is -2.09. The molecule has 0 saturated heterocycles. The van der Waals surface area contributed by atoms with Crippen LogP contribution in [0.5, 0.6) is 5.75 Å². The van der Waals surface area contributed by atoms with Gasteiger partial charge < -0.3 is 9.84 Å². The molecule has 0 aliphatic rings. The van der Waals surface area contributed by atoms with Crippen molar-refractivity contribution in [3.05, 3.63) is 59.8 Å². The number of benzene rings is 2. The van der Waals surface area contributed by atoms with Gasteiger partial charge in [-0.2, -0.15) is 5.10 Å². The van der Waals surface area contributed by atoms with Gasteiger partial charge >= 0.3 is 5.97 Å². The summed E-state index contributed by atoms with van der Waals surface area (Å²) in [7, 11) is 0. The van der Waals surface area contributed by atoms with E-state index < -0.39 is 5.97 Å². The molecule has 0 unspecified atom stereocenters. The van der Waals surface area contributed by atoms with Gasteiger partial charge in [-0.25, -0.2) is 4.79 Å². The maximum atomic E-state index is 10.6. The number of carboxylic acids is 1. The van der Waals surface area contributed by atoms with Gasteiger partial charge in [-0.1, -0.05) is 31.2 Å². The first-order chi connectivity index (χ1) is 11.7. The van der Waals surface area contributed by atoms with Crippen molar-refractivity contribution in [1.29, 1.82) is 0 Å². The normalized spacial score (nSPS) is 11.6. The molecular formula is C19H18N2O3. The molecule has 2 aromatic carbocycles. The van der Waals surface area contributed by atoms with Crippen molar-refractivity contribution in [3.8, 4) is 5.75 Å². The van der Waals surface area contributed by atoms with E-state index >= 15 is 0 Å². The van der Waals surface area contributed by atoms with Crippen LogP contribution in [0.4, 0.5) is 0 Å². The Morgan fingerprint density at radius 3 is 2.96 bits per heavy atom. The molecule has 0 fully saturated rings. The Morgan fingerprint density at radius 2 is 2.17 bits per heavy atom. The van der Waals surface area contributed by atoms with Crippen molar-refractivity contribution in [2.75, 3.05) is 6.61 Å². The molecule has 24 heavy (non-hydrogen) atoms. The summed E-state index contributed by atoms with van der Waals surface area (Å²) in [5.74, 6) is -0.431. The molecule has 0 atom stereocenters. The van der Waals surface area contributed by atoms with Crippen LogP contribution in [0.25, 0.3) is 22.6 Å². The second-order valence-electron chi connectivity index (χ2n) is 5.45. The lowest BCUT2D eigenvalue weighted by molar-refractivity contribution is -0.139. The maximum absolute atomic E-state index is 10.6. The highest BCUT2D eigenvalue weighted by Crippen LogP contribution is 2.26. The number of hydrogen-bond acceptors (Lipinski definition) is 3. The first-order valence-corrected chi connectivity index (χ1v) is 7.74. The van der Waals surface area contributed by atoms with Gasteiger partial charge in [0.1, 0.15) is 5.75 Å². The highest BCUT2D eigenvalue weighted by Gasteiger charge is 2.05. The van der Waals surface area contributed by atoms with E-state index in [-0.39, 0.29) is 6.61 Å². The van der Waals surface area contributed by atoms with Gasteiger partial charge in [-0.3, -0.25) is 5.10 Å². The third kappa shape index (κ3) is 3.63. The summed E-state index contributed by atoms with van der Waals surface area (Å²) in [4.78, 5) is 10.6. The van der Waals surface area contributed by atoms with Crippen LogP contribution in [0, 0.1) is 0 Å². The summed E-state index contributed by atoms with van der Waals surface area (Å²) in [6.45, 7) is 1.75. The smallest absolute Gasteiger partial charge is 0.341 e. The second-order valence-corrected chi connectivity index (χ2v) is 5.45. The summed E-state index contributed by atoms with van der Waals surface area (Å²) >= 11 is 0. The SMILES string of the molecule is CC/C(=C\c1ccc2[nH]ncc2c1)c1cccc(OCC(=O)O)c1. The zero-order valence-corrected chi connectivity index (χ0v) is 13.3. The Bertz CT molecular complexity index is 896. The lowest BCUT2D eigenvalue weighted by atomic mass is 10.00. The highest BCUT2D eigenvalue weighted by molar-refractivity contribution is 5.86. The van der Waals surface area contributed by atoms with Crippen LogP contribution >= 0.6 is 0 Å². The molecule has 122 valence electrons. The van der Waals surface area contributed by atoms with E-state index in [1.54, 1.807) is 12.3 Å². The lowest BCUT2D eigenvalue weighted by Gasteiger charge is -2.09. The van der Waals surface area contributed by atoms with Gasteiger partial charge in [-0.15, -0.1) is 0 Å². The van der Waals surface area contributed by atoms with Gasteiger partial charge in [-0.05, 0) is 47.4 Å². The zero-order chi connectivity index (χ0) is 16.9. The number of ether oxygens (including phenoxy) is 1. The van der Waals surface area contributed by atoms with E-state index in [4.69, 9.17) is 9.84 Å². The molecule has 0 aliphatic carbocycles. The number of aromatic nitrogens is 2. The number of aromatic amines is 1. The quantitative estimate of drug-likeness (QED) is 0.673. The first kappa shape index (κ1) is 15.8. The molecule has 1 heterocycles. The van der Waals surface area contributed by atoms with Crippen molar-refractivity contribution >= 4 is 28.5 Å². The monoisotopic (exact) mass is 322 g/mol. The summed E-state index contributed by atoms with van der Waals surface area (Å²) in [6, 6.07) is 13.6. The minimum Gasteiger partial charge on any atom is -0.482 e. The van der Waals surface area contributed by atoms with Crippen molar-refractivity contribution in [3.63, 3.8) is 0 Å². The van der Waals surface area contributed by atoms with Crippen molar-refractivity contribution in [2.24, 2.45) is 0 Å². The molecule has 3 rings (SSSR count). The minimum atomic E-state index is -0.986. The molecule has 5 nitrogen and oxygen atoms in total. The van der Waals surface area contributed by atoms with Crippen LogP contribution in [0.1, 0.15) is 24.5 Å². The Kier molecular flexibility index (Phi) is 4.61. The number of hydrogen-bond donors (Lipinski definition) is 2. The fraction of sp³-hybridized carbons (Fsp3) is 0.158. The largest absolute Gasteiger partial charge is 0.482 e. The fourth-order valence-electron chi connectivity index (χ4n) is 2.57.